The quantitative estimate of drug-likeness (QED) is 0.839. The van der Waals surface area contributed by atoms with Crippen molar-refractivity contribution in [3.63, 3.8) is 0 Å². The molecule has 7 heteroatoms. The summed E-state index contributed by atoms with van der Waals surface area (Å²) >= 11 is 6.55. The number of nitrogens with two attached hydrogens (primary N) is 1. The van der Waals surface area contributed by atoms with Gasteiger partial charge in [-0.1, -0.05) is 12.2 Å². The molecule has 2 aromatic heterocycles. The van der Waals surface area contributed by atoms with Gasteiger partial charge in [0.05, 0.1) is 5.69 Å². The third kappa shape index (κ3) is 2.99. The number of carbonyl (C=O) groups is 1. The largest absolute Gasteiger partial charge is 0.391 e. The van der Waals surface area contributed by atoms with Gasteiger partial charge in [-0.15, -0.1) is 0 Å². The lowest BCUT2D eigenvalue weighted by atomic mass is 10.1. The van der Waals surface area contributed by atoms with Crippen molar-refractivity contribution < 1.29 is 4.79 Å². The normalized spacial score (nSPS) is 12.1. The molecule has 1 amide bonds. The zero-order valence-electron chi connectivity index (χ0n) is 10.6. The summed E-state index contributed by atoms with van der Waals surface area (Å²) in [5.74, 6) is -0.243. The zero-order valence-corrected chi connectivity index (χ0v) is 12.2. The highest BCUT2D eigenvalue weighted by atomic mass is 32.1. The average molecular weight is 294 g/mol. The topological polar surface area (TPSA) is 72.9 Å². The van der Waals surface area contributed by atoms with Crippen LogP contribution in [0.1, 0.15) is 27.8 Å². The second-order valence-corrected chi connectivity index (χ2v) is 5.41. The lowest BCUT2D eigenvalue weighted by molar-refractivity contribution is 0.0937. The van der Waals surface area contributed by atoms with Crippen LogP contribution >= 0.6 is 23.6 Å². The van der Waals surface area contributed by atoms with Crippen molar-refractivity contribution in [1.82, 2.24) is 15.1 Å². The summed E-state index contributed by atoms with van der Waals surface area (Å²) in [6.07, 6.45) is 0. The Morgan fingerprint density at radius 1 is 1.63 bits per heavy atom. The molecule has 0 aliphatic rings. The van der Waals surface area contributed by atoms with E-state index in [1.165, 1.54) is 16.0 Å². The number of carbonyl (C=O) groups excluding carboxylic acids is 1. The molecule has 0 saturated heterocycles. The van der Waals surface area contributed by atoms with Crippen LogP contribution in [-0.2, 0) is 7.05 Å². The van der Waals surface area contributed by atoms with Crippen molar-refractivity contribution in [2.45, 2.75) is 13.0 Å². The van der Waals surface area contributed by atoms with E-state index in [1.807, 2.05) is 23.8 Å². The molecule has 0 fully saturated rings. The van der Waals surface area contributed by atoms with Gasteiger partial charge < -0.3 is 11.1 Å². The van der Waals surface area contributed by atoms with Crippen LogP contribution in [0.25, 0.3) is 0 Å². The number of nitrogens with zero attached hydrogens (tertiary/aromatic N) is 2. The highest BCUT2D eigenvalue weighted by Crippen LogP contribution is 2.17. The van der Waals surface area contributed by atoms with Crippen LogP contribution in [-0.4, -0.2) is 20.7 Å². The number of aromatic nitrogens is 2. The predicted molar refractivity (Wildman–Crippen MR) is 79.3 cm³/mol. The fourth-order valence-corrected chi connectivity index (χ4v) is 2.67. The zero-order chi connectivity index (χ0) is 14.0. The van der Waals surface area contributed by atoms with E-state index in [1.54, 1.807) is 13.1 Å². The number of nitrogens with one attached hydrogen (secondary N) is 1. The summed E-state index contributed by atoms with van der Waals surface area (Å²) in [5.41, 5.74) is 7.86. The lowest BCUT2D eigenvalue weighted by Crippen LogP contribution is -2.37. The highest BCUT2D eigenvalue weighted by Gasteiger charge is 2.20. The average Bonchev–Trinajstić information content (AvgIpc) is 2.95. The first-order valence-corrected chi connectivity index (χ1v) is 6.97. The Morgan fingerprint density at radius 3 is 2.84 bits per heavy atom. The van der Waals surface area contributed by atoms with Gasteiger partial charge in [0.2, 0.25) is 0 Å². The van der Waals surface area contributed by atoms with Crippen molar-refractivity contribution in [3.8, 4) is 0 Å². The molecular formula is C12H14N4OS2. The summed E-state index contributed by atoms with van der Waals surface area (Å²) in [7, 11) is 1.72. The van der Waals surface area contributed by atoms with Crippen LogP contribution in [0, 0.1) is 6.92 Å². The smallest absolute Gasteiger partial charge is 0.270 e. The molecule has 100 valence electrons. The monoisotopic (exact) mass is 294 g/mol. The first-order valence-electron chi connectivity index (χ1n) is 5.62. The van der Waals surface area contributed by atoms with Crippen LogP contribution in [0.4, 0.5) is 0 Å². The third-order valence-electron chi connectivity index (χ3n) is 2.67. The predicted octanol–water partition coefficient (Wildman–Crippen LogP) is 1.55. The molecule has 5 nitrogen and oxygen atoms in total. The summed E-state index contributed by atoms with van der Waals surface area (Å²) in [6.45, 7) is 1.83. The van der Waals surface area contributed by atoms with E-state index in [2.05, 4.69) is 10.4 Å². The van der Waals surface area contributed by atoms with Gasteiger partial charge >= 0.3 is 0 Å². The maximum atomic E-state index is 12.2. The van der Waals surface area contributed by atoms with Crippen molar-refractivity contribution in [1.29, 1.82) is 0 Å². The number of thiophene rings is 1. The number of hydrogen-bond donors (Lipinski definition) is 2. The molecule has 19 heavy (non-hydrogen) atoms. The molecule has 0 aliphatic carbocycles. The third-order valence-corrected chi connectivity index (χ3v) is 3.61. The second-order valence-electron chi connectivity index (χ2n) is 4.16. The maximum absolute atomic E-state index is 12.2. The van der Waals surface area contributed by atoms with Gasteiger partial charge in [0, 0.05) is 7.05 Å². The first kappa shape index (κ1) is 13.7. The number of amides is 1. The fraction of sp³-hybridized carbons (Fsp3) is 0.250. The fourth-order valence-electron chi connectivity index (χ4n) is 1.79. The molecule has 2 rings (SSSR count). The highest BCUT2D eigenvalue weighted by molar-refractivity contribution is 7.80. The first-order chi connectivity index (χ1) is 8.99. The molecule has 1 atom stereocenters. The molecular weight excluding hydrogens is 280 g/mol. The Bertz CT molecular complexity index is 603. The number of rotatable bonds is 4. The summed E-state index contributed by atoms with van der Waals surface area (Å²) in [6, 6.07) is 3.16. The van der Waals surface area contributed by atoms with Crippen LogP contribution in [0.3, 0.4) is 0 Å². The Hall–Kier alpha value is -1.73. The molecule has 2 aromatic rings. The number of aryl methyl sites for hydroxylation is 2. The van der Waals surface area contributed by atoms with E-state index in [4.69, 9.17) is 18.0 Å². The van der Waals surface area contributed by atoms with E-state index < -0.39 is 6.04 Å². The Balaban J connectivity index is 2.21. The minimum Gasteiger partial charge on any atom is -0.391 e. The van der Waals surface area contributed by atoms with Crippen LogP contribution in [0.15, 0.2) is 22.9 Å². The molecule has 0 bridgehead atoms. The van der Waals surface area contributed by atoms with Gasteiger partial charge in [0.25, 0.3) is 5.91 Å². The second kappa shape index (κ2) is 5.50. The van der Waals surface area contributed by atoms with Crippen molar-refractivity contribution >= 4 is 34.5 Å². The van der Waals surface area contributed by atoms with E-state index in [-0.39, 0.29) is 10.9 Å². The van der Waals surface area contributed by atoms with E-state index in [0.29, 0.717) is 5.69 Å². The summed E-state index contributed by atoms with van der Waals surface area (Å²) in [4.78, 5) is 12.4. The SMILES string of the molecule is Cc1cc(C(=O)NC(C(N)=S)c2ccsc2)n(C)n1. The van der Waals surface area contributed by atoms with Crippen LogP contribution < -0.4 is 11.1 Å². The molecule has 0 spiro atoms. The van der Waals surface area contributed by atoms with Crippen molar-refractivity contribution in [2.75, 3.05) is 0 Å². The van der Waals surface area contributed by atoms with E-state index in [9.17, 15) is 4.79 Å². The van der Waals surface area contributed by atoms with Gasteiger partial charge in [-0.05, 0) is 35.4 Å². The van der Waals surface area contributed by atoms with Crippen molar-refractivity contribution in [2.24, 2.45) is 12.8 Å². The molecule has 0 aromatic carbocycles. The maximum Gasteiger partial charge on any atom is 0.270 e. The van der Waals surface area contributed by atoms with Crippen LogP contribution in [0.5, 0.6) is 0 Å². The summed E-state index contributed by atoms with van der Waals surface area (Å²) < 4.78 is 1.54. The summed E-state index contributed by atoms with van der Waals surface area (Å²) in [5, 5.41) is 10.8. The van der Waals surface area contributed by atoms with E-state index >= 15 is 0 Å². The van der Waals surface area contributed by atoms with Gasteiger partial charge in [0.15, 0.2) is 0 Å². The molecule has 2 heterocycles. The Kier molecular flexibility index (Phi) is 3.96. The molecule has 0 saturated carbocycles. The number of thiocarbonyl (C=S) groups is 1. The van der Waals surface area contributed by atoms with Gasteiger partial charge in [-0.3, -0.25) is 9.48 Å². The van der Waals surface area contributed by atoms with Crippen molar-refractivity contribution in [3.05, 3.63) is 39.8 Å². The molecule has 1 unspecified atom stereocenters. The minimum absolute atomic E-state index is 0.241. The number of hydrogen-bond acceptors (Lipinski definition) is 4. The standard InChI is InChI=1S/C12H14N4OS2/c1-7-5-9(16(2)15-7)12(17)14-10(11(13)18)8-3-4-19-6-8/h3-6,10H,1-2H3,(H2,13,18)(H,14,17). The Morgan fingerprint density at radius 2 is 2.37 bits per heavy atom. The Labute approximate surface area is 120 Å². The molecule has 0 radical (unpaired) electrons. The minimum atomic E-state index is -0.455. The molecule has 0 aliphatic heterocycles. The molecule has 3 N–H and O–H groups in total. The van der Waals surface area contributed by atoms with Crippen LogP contribution in [0.2, 0.25) is 0 Å². The van der Waals surface area contributed by atoms with E-state index in [0.717, 1.165) is 11.3 Å². The van der Waals surface area contributed by atoms with Gasteiger partial charge in [-0.25, -0.2) is 0 Å². The lowest BCUT2D eigenvalue weighted by Gasteiger charge is -2.16. The van der Waals surface area contributed by atoms with Gasteiger partial charge in [-0.2, -0.15) is 16.4 Å². The van der Waals surface area contributed by atoms with Gasteiger partial charge in [0.1, 0.15) is 16.7 Å².